The topological polar surface area (TPSA) is 52.6 Å². The number of aliphatic carboxylic acids is 1. The van der Waals surface area contributed by atoms with Crippen molar-refractivity contribution in [2.45, 2.75) is 71.0 Å². The molecule has 3 atom stereocenters. The van der Waals surface area contributed by atoms with E-state index in [2.05, 4.69) is 24.1 Å². The van der Waals surface area contributed by atoms with Gasteiger partial charge in [-0.3, -0.25) is 9.69 Å². The first-order valence-electron chi connectivity index (χ1n) is 7.15. The molecule has 0 saturated carbocycles. The van der Waals surface area contributed by atoms with Crippen molar-refractivity contribution < 1.29 is 9.90 Å². The van der Waals surface area contributed by atoms with Crippen LogP contribution in [0.4, 0.5) is 0 Å². The molecule has 0 aromatic carbocycles. The van der Waals surface area contributed by atoms with E-state index in [0.717, 1.165) is 6.54 Å². The summed E-state index contributed by atoms with van der Waals surface area (Å²) in [4.78, 5) is 13.8. The molecule has 0 radical (unpaired) electrons. The smallest absolute Gasteiger partial charge is 0.323 e. The number of nitrogens with one attached hydrogen (secondary N) is 1. The van der Waals surface area contributed by atoms with Crippen molar-refractivity contribution in [2.24, 2.45) is 0 Å². The van der Waals surface area contributed by atoms with Crippen LogP contribution in [0.5, 0.6) is 0 Å². The number of carboxylic acids is 1. The Morgan fingerprint density at radius 2 is 1.94 bits per heavy atom. The number of nitrogens with zero attached hydrogens (tertiary/aromatic N) is 1. The van der Waals surface area contributed by atoms with Gasteiger partial charge in [-0.1, -0.05) is 13.3 Å². The van der Waals surface area contributed by atoms with Crippen molar-refractivity contribution in [1.29, 1.82) is 0 Å². The lowest BCUT2D eigenvalue weighted by molar-refractivity contribution is -0.144. The van der Waals surface area contributed by atoms with Crippen LogP contribution in [0.2, 0.25) is 0 Å². The molecule has 0 aromatic rings. The maximum absolute atomic E-state index is 11.4. The van der Waals surface area contributed by atoms with Crippen LogP contribution in [0, 0.1) is 0 Å². The molecule has 18 heavy (non-hydrogen) atoms. The third-order valence-corrected chi connectivity index (χ3v) is 4.29. The first kappa shape index (κ1) is 15.4. The minimum absolute atomic E-state index is 0.577. The summed E-state index contributed by atoms with van der Waals surface area (Å²) in [6.07, 6.45) is 4.41. The highest BCUT2D eigenvalue weighted by atomic mass is 16.4. The fourth-order valence-corrected chi connectivity index (χ4v) is 2.93. The lowest BCUT2D eigenvalue weighted by Crippen LogP contribution is -2.53. The van der Waals surface area contributed by atoms with Gasteiger partial charge in [-0.2, -0.15) is 0 Å². The van der Waals surface area contributed by atoms with Crippen molar-refractivity contribution in [3.05, 3.63) is 0 Å². The van der Waals surface area contributed by atoms with Gasteiger partial charge in [-0.05, 0) is 46.6 Å². The number of piperidine rings is 1. The number of hydrogen-bond acceptors (Lipinski definition) is 3. The zero-order chi connectivity index (χ0) is 13.8. The Morgan fingerprint density at radius 3 is 2.39 bits per heavy atom. The van der Waals surface area contributed by atoms with Gasteiger partial charge in [0.25, 0.3) is 0 Å². The Morgan fingerprint density at radius 1 is 1.39 bits per heavy atom. The van der Waals surface area contributed by atoms with E-state index in [1.165, 1.54) is 19.3 Å². The first-order chi connectivity index (χ1) is 8.40. The SMILES string of the molecule is CCNC(C)(CCN1C(C)CCCC1C)C(=O)O. The maximum Gasteiger partial charge on any atom is 0.323 e. The molecule has 1 saturated heterocycles. The fraction of sp³-hybridized carbons (Fsp3) is 0.929. The predicted molar refractivity (Wildman–Crippen MR) is 73.8 cm³/mol. The van der Waals surface area contributed by atoms with E-state index in [1.807, 2.05) is 6.92 Å². The molecule has 1 aliphatic heterocycles. The molecule has 0 amide bonds. The molecule has 0 spiro atoms. The standard InChI is InChI=1S/C14H28N2O2/c1-5-15-14(4,13(17)18)9-10-16-11(2)7-6-8-12(16)3/h11-12,15H,5-10H2,1-4H3,(H,17,18). The second-order valence-corrected chi connectivity index (χ2v) is 5.78. The molecule has 2 N–H and O–H groups in total. The average molecular weight is 256 g/mol. The molecule has 106 valence electrons. The van der Waals surface area contributed by atoms with Crippen LogP contribution in [-0.2, 0) is 4.79 Å². The van der Waals surface area contributed by atoms with E-state index in [9.17, 15) is 9.90 Å². The summed E-state index contributed by atoms with van der Waals surface area (Å²) in [5.41, 5.74) is -0.800. The van der Waals surface area contributed by atoms with E-state index >= 15 is 0 Å². The first-order valence-corrected chi connectivity index (χ1v) is 7.15. The van der Waals surface area contributed by atoms with Crippen LogP contribution in [0.15, 0.2) is 0 Å². The van der Waals surface area contributed by atoms with Crippen molar-refractivity contribution in [2.75, 3.05) is 13.1 Å². The highest BCUT2D eigenvalue weighted by molar-refractivity contribution is 5.78. The summed E-state index contributed by atoms with van der Waals surface area (Å²) in [5.74, 6) is -0.748. The van der Waals surface area contributed by atoms with Crippen LogP contribution in [-0.4, -0.2) is 46.7 Å². The molecular formula is C14H28N2O2. The van der Waals surface area contributed by atoms with Gasteiger partial charge in [0.05, 0.1) is 0 Å². The van der Waals surface area contributed by atoms with E-state index in [0.29, 0.717) is 25.0 Å². The van der Waals surface area contributed by atoms with E-state index in [1.54, 1.807) is 6.92 Å². The average Bonchev–Trinajstić information content (AvgIpc) is 2.28. The third-order valence-electron chi connectivity index (χ3n) is 4.29. The zero-order valence-electron chi connectivity index (χ0n) is 12.2. The Labute approximate surface area is 111 Å². The number of rotatable bonds is 6. The minimum Gasteiger partial charge on any atom is -0.480 e. The van der Waals surface area contributed by atoms with Crippen LogP contribution in [0.25, 0.3) is 0 Å². The zero-order valence-corrected chi connectivity index (χ0v) is 12.2. The minimum atomic E-state index is -0.800. The van der Waals surface area contributed by atoms with Crippen LogP contribution < -0.4 is 5.32 Å². The van der Waals surface area contributed by atoms with E-state index in [4.69, 9.17) is 0 Å². The largest absolute Gasteiger partial charge is 0.480 e. The molecule has 1 aliphatic rings. The predicted octanol–water partition coefficient (Wildman–Crippen LogP) is 2.09. The Hall–Kier alpha value is -0.610. The maximum atomic E-state index is 11.4. The van der Waals surface area contributed by atoms with Gasteiger partial charge in [-0.25, -0.2) is 0 Å². The summed E-state index contributed by atoms with van der Waals surface area (Å²) < 4.78 is 0. The normalized spacial score (nSPS) is 28.9. The van der Waals surface area contributed by atoms with Crippen molar-refractivity contribution in [3.8, 4) is 0 Å². The molecule has 0 aromatic heterocycles. The van der Waals surface area contributed by atoms with Crippen LogP contribution in [0.1, 0.15) is 53.4 Å². The van der Waals surface area contributed by atoms with Gasteiger partial charge in [0, 0.05) is 18.6 Å². The highest BCUT2D eigenvalue weighted by Crippen LogP contribution is 2.24. The van der Waals surface area contributed by atoms with Gasteiger partial charge >= 0.3 is 5.97 Å². The lowest BCUT2D eigenvalue weighted by Gasteiger charge is -2.40. The van der Waals surface area contributed by atoms with E-state index in [-0.39, 0.29) is 0 Å². The second kappa shape index (κ2) is 6.53. The molecule has 0 aliphatic carbocycles. The summed E-state index contributed by atoms with van der Waals surface area (Å²) in [6, 6.07) is 1.15. The van der Waals surface area contributed by atoms with Gasteiger partial charge in [0.1, 0.15) is 5.54 Å². The fourth-order valence-electron chi connectivity index (χ4n) is 2.93. The summed E-state index contributed by atoms with van der Waals surface area (Å²) >= 11 is 0. The quantitative estimate of drug-likeness (QED) is 0.764. The molecule has 4 nitrogen and oxygen atoms in total. The summed E-state index contributed by atoms with van der Waals surface area (Å²) in [7, 11) is 0. The lowest BCUT2D eigenvalue weighted by atomic mass is 9.93. The summed E-state index contributed by atoms with van der Waals surface area (Å²) in [5, 5.41) is 12.4. The molecule has 4 heteroatoms. The number of carbonyl (C=O) groups is 1. The molecule has 1 heterocycles. The molecule has 0 bridgehead atoms. The van der Waals surface area contributed by atoms with Gasteiger partial charge in [-0.15, -0.1) is 0 Å². The number of hydrogen-bond donors (Lipinski definition) is 2. The summed E-state index contributed by atoms with van der Waals surface area (Å²) in [6.45, 7) is 9.79. The third kappa shape index (κ3) is 3.69. The second-order valence-electron chi connectivity index (χ2n) is 5.78. The van der Waals surface area contributed by atoms with E-state index < -0.39 is 11.5 Å². The number of likely N-dealkylation sites (tertiary alicyclic amines) is 1. The van der Waals surface area contributed by atoms with Gasteiger partial charge in [0.15, 0.2) is 0 Å². The van der Waals surface area contributed by atoms with Gasteiger partial charge in [0.2, 0.25) is 0 Å². The monoisotopic (exact) mass is 256 g/mol. The highest BCUT2D eigenvalue weighted by Gasteiger charge is 2.34. The number of carboxylic acid groups (broad SMARTS) is 1. The number of likely N-dealkylation sites (N-methyl/N-ethyl adjacent to an activating group) is 1. The Kier molecular flexibility index (Phi) is 5.60. The molecule has 3 unspecified atom stereocenters. The van der Waals surface area contributed by atoms with Crippen molar-refractivity contribution in [1.82, 2.24) is 10.2 Å². The van der Waals surface area contributed by atoms with Crippen molar-refractivity contribution >= 4 is 5.97 Å². The molecule has 1 fully saturated rings. The molecular weight excluding hydrogens is 228 g/mol. The van der Waals surface area contributed by atoms with Crippen LogP contribution >= 0.6 is 0 Å². The molecule has 1 rings (SSSR count). The Balaban J connectivity index is 2.58. The van der Waals surface area contributed by atoms with Crippen LogP contribution in [0.3, 0.4) is 0 Å². The Bertz CT molecular complexity index is 273. The van der Waals surface area contributed by atoms with Crippen molar-refractivity contribution in [3.63, 3.8) is 0 Å². The van der Waals surface area contributed by atoms with Gasteiger partial charge < -0.3 is 10.4 Å².